The summed E-state index contributed by atoms with van der Waals surface area (Å²) in [5.41, 5.74) is 1.22. The summed E-state index contributed by atoms with van der Waals surface area (Å²) in [6, 6.07) is 16.6. The molecular weight excluding hydrogens is 381 g/mol. The van der Waals surface area contributed by atoms with Crippen molar-refractivity contribution >= 4 is 11.8 Å². The minimum atomic E-state index is -4.33. The van der Waals surface area contributed by atoms with Crippen LogP contribution >= 0.6 is 0 Å². The number of rotatable bonds is 5. The number of carbonyl (C=O) groups excluding carboxylic acids is 2. The van der Waals surface area contributed by atoms with Crippen molar-refractivity contribution in [3.63, 3.8) is 0 Å². The van der Waals surface area contributed by atoms with Gasteiger partial charge in [-0.3, -0.25) is 9.59 Å². The van der Waals surface area contributed by atoms with E-state index in [0.29, 0.717) is 12.0 Å². The van der Waals surface area contributed by atoms with Gasteiger partial charge in [-0.1, -0.05) is 48.5 Å². The van der Waals surface area contributed by atoms with Crippen LogP contribution in [0.15, 0.2) is 60.7 Å². The second-order valence-electron chi connectivity index (χ2n) is 7.25. The van der Waals surface area contributed by atoms with Crippen molar-refractivity contribution in [1.29, 1.82) is 0 Å². The maximum Gasteiger partial charge on any atom is 0.393 e. The molecule has 29 heavy (non-hydrogen) atoms. The molecule has 1 aliphatic rings. The summed E-state index contributed by atoms with van der Waals surface area (Å²) in [6.45, 7) is -0.104. The smallest absolute Gasteiger partial charge is 0.340 e. The predicted octanol–water partition coefficient (Wildman–Crippen LogP) is 3.83. The van der Waals surface area contributed by atoms with Crippen molar-refractivity contribution in [3.8, 4) is 0 Å². The lowest BCUT2D eigenvalue weighted by Gasteiger charge is -2.36. The lowest BCUT2D eigenvalue weighted by molar-refractivity contribution is -0.188. The van der Waals surface area contributed by atoms with E-state index in [0.717, 1.165) is 5.56 Å². The van der Waals surface area contributed by atoms with Gasteiger partial charge >= 0.3 is 6.18 Å². The lowest BCUT2D eigenvalue weighted by Crippen LogP contribution is -2.53. The monoisotopic (exact) mass is 404 g/mol. The molecule has 0 aliphatic carbocycles. The van der Waals surface area contributed by atoms with E-state index in [1.807, 2.05) is 30.3 Å². The molecule has 1 heterocycles. The van der Waals surface area contributed by atoms with Crippen LogP contribution in [0.4, 0.5) is 13.2 Å². The molecule has 1 fully saturated rings. The number of alkyl halides is 3. The maximum atomic E-state index is 13.1. The highest BCUT2D eigenvalue weighted by Crippen LogP contribution is 2.33. The summed E-state index contributed by atoms with van der Waals surface area (Å²) in [6.07, 6.45) is -3.81. The third-order valence-corrected chi connectivity index (χ3v) is 5.12. The number of piperidine rings is 1. The number of halogens is 3. The zero-order chi connectivity index (χ0) is 20.9. The molecule has 154 valence electrons. The summed E-state index contributed by atoms with van der Waals surface area (Å²) in [7, 11) is 0. The molecule has 7 heteroatoms. The molecule has 0 unspecified atom stereocenters. The number of likely N-dealkylation sites (tertiary alicyclic amines) is 1. The third kappa shape index (κ3) is 5.59. The number of hydrogen-bond acceptors (Lipinski definition) is 2. The SMILES string of the molecule is O=C(N[C@@H](Cc1ccccc1)C(=O)N1CCC[C@H](C(F)(F)F)C1)c1ccccc1. The highest BCUT2D eigenvalue weighted by molar-refractivity contribution is 5.97. The quantitative estimate of drug-likeness (QED) is 0.824. The largest absolute Gasteiger partial charge is 0.393 e. The zero-order valence-electron chi connectivity index (χ0n) is 15.9. The van der Waals surface area contributed by atoms with Crippen LogP contribution in [0.5, 0.6) is 0 Å². The Morgan fingerprint density at radius 1 is 1.03 bits per heavy atom. The Morgan fingerprint density at radius 2 is 1.66 bits per heavy atom. The standard InChI is InChI=1S/C22H23F3N2O2/c23-22(24,25)18-12-7-13-27(15-18)21(29)19(14-16-8-3-1-4-9-16)26-20(28)17-10-5-2-6-11-17/h1-6,8-11,18-19H,7,12-15H2,(H,26,28)/t18-,19-/m0/s1. The number of nitrogens with zero attached hydrogens (tertiary/aromatic N) is 1. The number of hydrogen-bond donors (Lipinski definition) is 1. The van der Waals surface area contributed by atoms with E-state index >= 15 is 0 Å². The molecule has 4 nitrogen and oxygen atoms in total. The highest BCUT2D eigenvalue weighted by atomic mass is 19.4. The van der Waals surface area contributed by atoms with Crippen molar-refractivity contribution in [2.75, 3.05) is 13.1 Å². The molecule has 0 saturated carbocycles. The van der Waals surface area contributed by atoms with Crippen LogP contribution in [0.2, 0.25) is 0 Å². The van der Waals surface area contributed by atoms with E-state index in [-0.39, 0.29) is 25.9 Å². The molecule has 2 amide bonds. The predicted molar refractivity (Wildman–Crippen MR) is 103 cm³/mol. The Balaban J connectivity index is 1.78. The van der Waals surface area contributed by atoms with Gasteiger partial charge in [-0.25, -0.2) is 0 Å². The van der Waals surface area contributed by atoms with Crippen LogP contribution in [0.1, 0.15) is 28.8 Å². The van der Waals surface area contributed by atoms with Crippen LogP contribution in [-0.2, 0) is 11.2 Å². The summed E-state index contributed by atoms with van der Waals surface area (Å²) >= 11 is 0. The minimum Gasteiger partial charge on any atom is -0.340 e. The Bertz CT molecular complexity index is 825. The summed E-state index contributed by atoms with van der Waals surface area (Å²) in [4.78, 5) is 26.9. The van der Waals surface area contributed by atoms with Crippen molar-refractivity contribution < 1.29 is 22.8 Å². The molecular formula is C22H23F3N2O2. The van der Waals surface area contributed by atoms with E-state index in [1.54, 1.807) is 30.3 Å². The average Bonchev–Trinajstić information content (AvgIpc) is 2.73. The molecule has 1 aliphatic heterocycles. The van der Waals surface area contributed by atoms with Gasteiger partial charge in [0.1, 0.15) is 6.04 Å². The van der Waals surface area contributed by atoms with E-state index in [9.17, 15) is 22.8 Å². The maximum absolute atomic E-state index is 13.1. The van der Waals surface area contributed by atoms with Crippen LogP contribution < -0.4 is 5.32 Å². The second-order valence-corrected chi connectivity index (χ2v) is 7.25. The van der Waals surface area contributed by atoms with Gasteiger partial charge < -0.3 is 10.2 Å². The molecule has 1 saturated heterocycles. The normalized spacial score (nSPS) is 18.2. The molecule has 0 aromatic heterocycles. The molecule has 3 rings (SSSR count). The molecule has 0 bridgehead atoms. The molecule has 2 aromatic rings. The van der Waals surface area contributed by atoms with Crippen LogP contribution in [0, 0.1) is 5.92 Å². The van der Waals surface area contributed by atoms with Crippen molar-refractivity contribution in [3.05, 3.63) is 71.8 Å². The topological polar surface area (TPSA) is 49.4 Å². The Morgan fingerprint density at radius 3 is 2.28 bits per heavy atom. The van der Waals surface area contributed by atoms with Gasteiger partial charge in [0.05, 0.1) is 5.92 Å². The number of amides is 2. The second kappa shape index (κ2) is 9.11. The van der Waals surface area contributed by atoms with Gasteiger partial charge in [0.2, 0.25) is 5.91 Å². The third-order valence-electron chi connectivity index (χ3n) is 5.12. The van der Waals surface area contributed by atoms with Gasteiger partial charge in [-0.15, -0.1) is 0 Å². The average molecular weight is 404 g/mol. The fourth-order valence-electron chi connectivity index (χ4n) is 3.55. The fourth-order valence-corrected chi connectivity index (χ4v) is 3.55. The number of nitrogens with one attached hydrogen (secondary N) is 1. The minimum absolute atomic E-state index is 0.0208. The van der Waals surface area contributed by atoms with Gasteiger partial charge in [0.25, 0.3) is 5.91 Å². The van der Waals surface area contributed by atoms with Gasteiger partial charge in [-0.05, 0) is 30.5 Å². The van der Waals surface area contributed by atoms with Crippen molar-refractivity contribution in [1.82, 2.24) is 10.2 Å². The van der Waals surface area contributed by atoms with Crippen molar-refractivity contribution in [2.45, 2.75) is 31.5 Å². The summed E-state index contributed by atoms with van der Waals surface area (Å²) in [5.74, 6) is -2.43. The molecule has 2 aromatic carbocycles. The zero-order valence-corrected chi connectivity index (χ0v) is 15.9. The number of benzene rings is 2. The Kier molecular flexibility index (Phi) is 6.56. The van der Waals surface area contributed by atoms with Crippen molar-refractivity contribution in [2.24, 2.45) is 5.92 Å². The lowest BCUT2D eigenvalue weighted by atomic mass is 9.96. The molecule has 0 radical (unpaired) electrons. The number of carbonyl (C=O) groups is 2. The van der Waals surface area contributed by atoms with Crippen LogP contribution in [0.25, 0.3) is 0 Å². The first-order valence-corrected chi connectivity index (χ1v) is 9.60. The van der Waals surface area contributed by atoms with E-state index in [2.05, 4.69) is 5.32 Å². The first-order chi connectivity index (χ1) is 13.8. The Labute approximate surface area is 167 Å². The fraction of sp³-hybridized carbons (Fsp3) is 0.364. The molecule has 1 N–H and O–H groups in total. The van der Waals surface area contributed by atoms with E-state index in [1.165, 1.54) is 4.90 Å². The van der Waals surface area contributed by atoms with Gasteiger partial charge in [-0.2, -0.15) is 13.2 Å². The van der Waals surface area contributed by atoms with Gasteiger partial charge in [0, 0.05) is 25.1 Å². The van der Waals surface area contributed by atoms with Crippen LogP contribution in [-0.4, -0.2) is 42.0 Å². The highest BCUT2D eigenvalue weighted by Gasteiger charge is 2.43. The molecule has 0 spiro atoms. The Hall–Kier alpha value is -2.83. The first-order valence-electron chi connectivity index (χ1n) is 9.60. The first kappa shape index (κ1) is 20.9. The van der Waals surface area contributed by atoms with Crippen LogP contribution in [0.3, 0.4) is 0 Å². The van der Waals surface area contributed by atoms with E-state index < -0.39 is 30.0 Å². The van der Waals surface area contributed by atoms with E-state index in [4.69, 9.17) is 0 Å². The molecule has 2 atom stereocenters. The summed E-state index contributed by atoms with van der Waals surface area (Å²) < 4.78 is 39.4. The van der Waals surface area contributed by atoms with Gasteiger partial charge in [0.15, 0.2) is 0 Å². The summed E-state index contributed by atoms with van der Waals surface area (Å²) in [5, 5.41) is 2.72.